The molecule has 0 aliphatic carbocycles. The molecule has 0 unspecified atom stereocenters. The van der Waals surface area contributed by atoms with E-state index in [4.69, 9.17) is 9.84 Å². The molecule has 6 heteroatoms. The SMILES string of the molecule is CN(CCN(C)C(=O)OC(C)(C)C)C(=O)O. The van der Waals surface area contributed by atoms with Crippen LogP contribution in [0.5, 0.6) is 0 Å². The highest BCUT2D eigenvalue weighted by molar-refractivity contribution is 5.68. The maximum atomic E-state index is 11.5. The van der Waals surface area contributed by atoms with Crippen LogP contribution in [0.1, 0.15) is 20.8 Å². The summed E-state index contributed by atoms with van der Waals surface area (Å²) in [6.07, 6.45) is -1.47. The average Bonchev–Trinajstić information content (AvgIpc) is 2.10. The smallest absolute Gasteiger partial charge is 0.410 e. The Balaban J connectivity index is 4.02. The van der Waals surface area contributed by atoms with Crippen LogP contribution in [0.2, 0.25) is 0 Å². The molecule has 0 aliphatic rings. The van der Waals surface area contributed by atoms with E-state index in [-0.39, 0.29) is 6.54 Å². The number of hydrogen-bond acceptors (Lipinski definition) is 3. The van der Waals surface area contributed by atoms with E-state index >= 15 is 0 Å². The van der Waals surface area contributed by atoms with Crippen LogP contribution in [0.15, 0.2) is 0 Å². The van der Waals surface area contributed by atoms with E-state index in [1.54, 1.807) is 27.8 Å². The van der Waals surface area contributed by atoms with Crippen molar-refractivity contribution < 1.29 is 19.4 Å². The number of carbonyl (C=O) groups is 2. The minimum absolute atomic E-state index is 0.255. The molecule has 94 valence electrons. The van der Waals surface area contributed by atoms with E-state index in [0.717, 1.165) is 4.90 Å². The molecule has 0 saturated heterocycles. The van der Waals surface area contributed by atoms with Gasteiger partial charge in [0.1, 0.15) is 5.60 Å². The highest BCUT2D eigenvalue weighted by Gasteiger charge is 2.19. The van der Waals surface area contributed by atoms with Gasteiger partial charge in [-0.2, -0.15) is 0 Å². The van der Waals surface area contributed by atoms with Gasteiger partial charge in [-0.1, -0.05) is 0 Å². The third-order valence-corrected chi connectivity index (χ3v) is 1.80. The third-order valence-electron chi connectivity index (χ3n) is 1.80. The molecule has 0 saturated carbocycles. The van der Waals surface area contributed by atoms with Crippen molar-refractivity contribution in [2.45, 2.75) is 26.4 Å². The monoisotopic (exact) mass is 232 g/mol. The molecule has 0 bridgehead atoms. The zero-order chi connectivity index (χ0) is 12.9. The Hall–Kier alpha value is -1.46. The number of nitrogens with zero attached hydrogens (tertiary/aromatic N) is 2. The van der Waals surface area contributed by atoms with E-state index in [0.29, 0.717) is 6.54 Å². The number of amides is 2. The fraction of sp³-hybridized carbons (Fsp3) is 0.800. The predicted molar refractivity (Wildman–Crippen MR) is 59.5 cm³/mol. The van der Waals surface area contributed by atoms with Crippen LogP contribution in [0.4, 0.5) is 9.59 Å². The summed E-state index contributed by atoms with van der Waals surface area (Å²) in [5, 5.41) is 8.61. The van der Waals surface area contributed by atoms with Gasteiger partial charge < -0.3 is 19.6 Å². The molecule has 0 aromatic heterocycles. The zero-order valence-corrected chi connectivity index (χ0v) is 10.5. The summed E-state index contributed by atoms with van der Waals surface area (Å²) in [4.78, 5) is 24.4. The fourth-order valence-electron chi connectivity index (χ4n) is 0.827. The maximum Gasteiger partial charge on any atom is 0.410 e. The van der Waals surface area contributed by atoms with Crippen LogP contribution in [0.25, 0.3) is 0 Å². The first-order valence-electron chi connectivity index (χ1n) is 5.01. The van der Waals surface area contributed by atoms with Crippen molar-refractivity contribution in [2.75, 3.05) is 27.2 Å². The molecule has 0 atom stereocenters. The van der Waals surface area contributed by atoms with Crippen LogP contribution in [-0.4, -0.2) is 59.9 Å². The van der Waals surface area contributed by atoms with Crippen LogP contribution in [0, 0.1) is 0 Å². The number of ether oxygens (including phenoxy) is 1. The summed E-state index contributed by atoms with van der Waals surface area (Å²) in [7, 11) is 3.02. The van der Waals surface area contributed by atoms with Crippen molar-refractivity contribution in [1.82, 2.24) is 9.80 Å². The Bertz CT molecular complexity index is 260. The van der Waals surface area contributed by atoms with Gasteiger partial charge in [-0.05, 0) is 20.8 Å². The molecule has 0 aliphatic heterocycles. The van der Waals surface area contributed by atoms with E-state index in [2.05, 4.69) is 0 Å². The number of carbonyl (C=O) groups excluding carboxylic acids is 1. The average molecular weight is 232 g/mol. The summed E-state index contributed by atoms with van der Waals surface area (Å²) in [6.45, 7) is 5.90. The number of rotatable bonds is 3. The first-order valence-corrected chi connectivity index (χ1v) is 5.01. The molecular weight excluding hydrogens is 212 g/mol. The number of carboxylic acid groups (broad SMARTS) is 1. The van der Waals surface area contributed by atoms with Gasteiger partial charge in [0, 0.05) is 27.2 Å². The summed E-state index contributed by atoms with van der Waals surface area (Å²) in [6, 6.07) is 0. The van der Waals surface area contributed by atoms with E-state index in [1.807, 2.05) is 0 Å². The first-order chi connectivity index (χ1) is 7.13. The summed E-state index contributed by atoms with van der Waals surface area (Å²) < 4.78 is 5.11. The maximum absolute atomic E-state index is 11.5. The van der Waals surface area contributed by atoms with Gasteiger partial charge in [-0.25, -0.2) is 9.59 Å². The fourth-order valence-corrected chi connectivity index (χ4v) is 0.827. The molecule has 0 aromatic rings. The van der Waals surface area contributed by atoms with Gasteiger partial charge in [-0.3, -0.25) is 0 Å². The van der Waals surface area contributed by atoms with Crippen molar-refractivity contribution >= 4 is 12.2 Å². The van der Waals surface area contributed by atoms with Crippen molar-refractivity contribution in [2.24, 2.45) is 0 Å². The molecule has 6 nitrogen and oxygen atoms in total. The number of likely N-dealkylation sites (N-methyl/N-ethyl adjacent to an activating group) is 2. The number of hydrogen-bond donors (Lipinski definition) is 1. The molecule has 0 aromatic carbocycles. The second-order valence-electron chi connectivity index (χ2n) is 4.61. The van der Waals surface area contributed by atoms with Gasteiger partial charge in [0.25, 0.3) is 0 Å². The van der Waals surface area contributed by atoms with Crippen LogP contribution >= 0.6 is 0 Å². The second-order valence-corrected chi connectivity index (χ2v) is 4.61. The van der Waals surface area contributed by atoms with E-state index < -0.39 is 17.8 Å². The zero-order valence-electron chi connectivity index (χ0n) is 10.5. The Morgan fingerprint density at radius 1 is 1.12 bits per heavy atom. The minimum atomic E-state index is -1.02. The predicted octanol–water partition coefficient (Wildman–Crippen LogP) is 1.46. The summed E-state index contributed by atoms with van der Waals surface area (Å²) in [5.41, 5.74) is -0.538. The second kappa shape index (κ2) is 5.58. The topological polar surface area (TPSA) is 70.1 Å². The van der Waals surface area contributed by atoms with Crippen molar-refractivity contribution in [3.63, 3.8) is 0 Å². The lowest BCUT2D eigenvalue weighted by molar-refractivity contribution is 0.0286. The van der Waals surface area contributed by atoms with Crippen LogP contribution in [0.3, 0.4) is 0 Å². The largest absolute Gasteiger partial charge is 0.465 e. The van der Waals surface area contributed by atoms with E-state index in [1.165, 1.54) is 11.9 Å². The molecule has 0 radical (unpaired) electrons. The van der Waals surface area contributed by atoms with E-state index in [9.17, 15) is 9.59 Å². The molecule has 2 amide bonds. The lowest BCUT2D eigenvalue weighted by Gasteiger charge is -2.25. The van der Waals surface area contributed by atoms with Gasteiger partial charge in [0.05, 0.1) is 0 Å². The van der Waals surface area contributed by atoms with Gasteiger partial charge in [-0.15, -0.1) is 0 Å². The minimum Gasteiger partial charge on any atom is -0.465 e. The molecule has 1 N–H and O–H groups in total. The first kappa shape index (κ1) is 14.5. The van der Waals surface area contributed by atoms with Gasteiger partial charge in [0.2, 0.25) is 0 Å². The normalized spacial score (nSPS) is 10.8. The highest BCUT2D eigenvalue weighted by atomic mass is 16.6. The standard InChI is InChI=1S/C10H20N2O4/c1-10(2,3)16-9(15)12(5)7-6-11(4)8(13)14/h6-7H2,1-5H3,(H,13,14). The summed E-state index contributed by atoms with van der Waals surface area (Å²) >= 11 is 0. The Morgan fingerprint density at radius 3 is 1.94 bits per heavy atom. The summed E-state index contributed by atoms with van der Waals surface area (Å²) in [5.74, 6) is 0. The quantitative estimate of drug-likeness (QED) is 0.799. The van der Waals surface area contributed by atoms with Gasteiger partial charge in [0.15, 0.2) is 0 Å². The lowest BCUT2D eigenvalue weighted by Crippen LogP contribution is -2.39. The molecular formula is C10H20N2O4. The van der Waals surface area contributed by atoms with Crippen molar-refractivity contribution in [1.29, 1.82) is 0 Å². The van der Waals surface area contributed by atoms with Gasteiger partial charge >= 0.3 is 12.2 Å². The Labute approximate surface area is 95.8 Å². The van der Waals surface area contributed by atoms with Crippen molar-refractivity contribution in [3.05, 3.63) is 0 Å². The lowest BCUT2D eigenvalue weighted by atomic mass is 10.2. The Morgan fingerprint density at radius 2 is 1.56 bits per heavy atom. The Kier molecular flexibility index (Phi) is 5.07. The van der Waals surface area contributed by atoms with Crippen LogP contribution in [-0.2, 0) is 4.74 Å². The van der Waals surface area contributed by atoms with Crippen LogP contribution < -0.4 is 0 Å². The third kappa shape index (κ3) is 6.10. The highest BCUT2D eigenvalue weighted by Crippen LogP contribution is 2.08. The van der Waals surface area contributed by atoms with Crippen molar-refractivity contribution in [3.8, 4) is 0 Å². The molecule has 0 spiro atoms. The molecule has 16 heavy (non-hydrogen) atoms. The molecule has 0 heterocycles. The molecule has 0 fully saturated rings. The molecule has 0 rings (SSSR count).